The van der Waals surface area contributed by atoms with Gasteiger partial charge in [0.1, 0.15) is 5.75 Å². The maximum Gasteiger partial charge on any atom is 0.120 e. The second-order valence-electron chi connectivity index (χ2n) is 4.30. The first-order valence-corrected chi connectivity index (χ1v) is 6.10. The molecular formula is C14H19NO2. The molecule has 1 aromatic carbocycles. The van der Waals surface area contributed by atoms with Crippen molar-refractivity contribution in [1.29, 1.82) is 0 Å². The predicted octanol–water partition coefficient (Wildman–Crippen LogP) is 2.81. The molecular weight excluding hydrogens is 214 g/mol. The van der Waals surface area contributed by atoms with Crippen molar-refractivity contribution >= 4 is 10.9 Å². The molecule has 0 aliphatic carbocycles. The van der Waals surface area contributed by atoms with E-state index in [-0.39, 0.29) is 6.10 Å². The Labute approximate surface area is 102 Å². The minimum Gasteiger partial charge on any atom is -0.494 e. The molecule has 1 aromatic heterocycles. The highest BCUT2D eigenvalue weighted by molar-refractivity contribution is 5.81. The zero-order chi connectivity index (χ0) is 12.3. The predicted molar refractivity (Wildman–Crippen MR) is 69.4 cm³/mol. The Morgan fingerprint density at radius 3 is 2.88 bits per heavy atom. The first-order valence-electron chi connectivity index (χ1n) is 6.10. The third kappa shape index (κ3) is 2.80. The third-order valence-electron chi connectivity index (χ3n) is 2.84. The number of hydrogen-bond acceptors (Lipinski definition) is 2. The smallest absolute Gasteiger partial charge is 0.120 e. The summed E-state index contributed by atoms with van der Waals surface area (Å²) < 4.78 is 7.64. The molecule has 1 atom stereocenters. The summed E-state index contributed by atoms with van der Waals surface area (Å²) in [7, 11) is 0. The van der Waals surface area contributed by atoms with E-state index < -0.39 is 0 Å². The third-order valence-corrected chi connectivity index (χ3v) is 2.84. The van der Waals surface area contributed by atoms with Gasteiger partial charge in [-0.25, -0.2) is 0 Å². The quantitative estimate of drug-likeness (QED) is 0.861. The van der Waals surface area contributed by atoms with Gasteiger partial charge >= 0.3 is 0 Å². The molecule has 0 saturated carbocycles. The summed E-state index contributed by atoms with van der Waals surface area (Å²) in [6.07, 6.45) is 2.58. The highest BCUT2D eigenvalue weighted by Crippen LogP contribution is 2.22. The Kier molecular flexibility index (Phi) is 3.69. The van der Waals surface area contributed by atoms with E-state index in [2.05, 4.69) is 29.0 Å². The van der Waals surface area contributed by atoms with Gasteiger partial charge in [0, 0.05) is 23.6 Å². The molecule has 0 bridgehead atoms. The van der Waals surface area contributed by atoms with Gasteiger partial charge in [0.15, 0.2) is 0 Å². The number of ether oxygens (including phenoxy) is 1. The fourth-order valence-corrected chi connectivity index (χ4v) is 1.96. The number of aliphatic hydroxyl groups excluding tert-OH is 1. The minimum atomic E-state index is -0.254. The topological polar surface area (TPSA) is 34.4 Å². The van der Waals surface area contributed by atoms with E-state index in [0.717, 1.165) is 18.7 Å². The van der Waals surface area contributed by atoms with Gasteiger partial charge in [-0.2, -0.15) is 0 Å². The van der Waals surface area contributed by atoms with Gasteiger partial charge < -0.3 is 14.4 Å². The Balaban J connectivity index is 2.22. The van der Waals surface area contributed by atoms with E-state index in [4.69, 9.17) is 4.74 Å². The van der Waals surface area contributed by atoms with Crippen molar-refractivity contribution in [2.75, 3.05) is 6.61 Å². The molecule has 1 N–H and O–H groups in total. The molecule has 1 heterocycles. The van der Waals surface area contributed by atoms with Crippen molar-refractivity contribution in [3.63, 3.8) is 0 Å². The lowest BCUT2D eigenvalue weighted by Gasteiger charge is -2.08. The highest BCUT2D eigenvalue weighted by atomic mass is 16.5. The molecule has 2 rings (SSSR count). The van der Waals surface area contributed by atoms with Crippen LogP contribution in [-0.2, 0) is 6.54 Å². The largest absolute Gasteiger partial charge is 0.494 e. The van der Waals surface area contributed by atoms with Gasteiger partial charge in [0.2, 0.25) is 0 Å². The minimum absolute atomic E-state index is 0.254. The first kappa shape index (κ1) is 12.0. The first-order chi connectivity index (χ1) is 8.20. The van der Waals surface area contributed by atoms with Crippen LogP contribution in [0.2, 0.25) is 0 Å². The van der Waals surface area contributed by atoms with Gasteiger partial charge in [-0.15, -0.1) is 0 Å². The zero-order valence-electron chi connectivity index (χ0n) is 10.4. The Hall–Kier alpha value is -1.48. The number of aromatic nitrogens is 1. The molecule has 2 aromatic rings. The molecule has 0 spiro atoms. The van der Waals surface area contributed by atoms with Crippen LogP contribution in [0.15, 0.2) is 30.5 Å². The second kappa shape index (κ2) is 5.23. The Bertz CT molecular complexity index is 488. The highest BCUT2D eigenvalue weighted by Gasteiger charge is 2.03. The lowest BCUT2D eigenvalue weighted by Crippen LogP contribution is -2.05. The monoisotopic (exact) mass is 233 g/mol. The summed E-state index contributed by atoms with van der Waals surface area (Å²) in [5.74, 6) is 0.910. The number of nitrogens with zero attached hydrogens (tertiary/aromatic N) is 1. The van der Waals surface area contributed by atoms with Crippen molar-refractivity contribution in [3.8, 4) is 5.75 Å². The van der Waals surface area contributed by atoms with Gasteiger partial charge in [-0.05, 0) is 44.5 Å². The molecule has 17 heavy (non-hydrogen) atoms. The number of rotatable bonds is 5. The number of fused-ring (bicyclic) bond motifs is 1. The van der Waals surface area contributed by atoms with Crippen LogP contribution in [0.25, 0.3) is 10.9 Å². The summed E-state index contributed by atoms with van der Waals surface area (Å²) in [6, 6.07) is 8.20. The fourth-order valence-electron chi connectivity index (χ4n) is 1.96. The van der Waals surface area contributed by atoms with E-state index in [1.807, 2.05) is 19.9 Å². The van der Waals surface area contributed by atoms with E-state index in [9.17, 15) is 5.11 Å². The van der Waals surface area contributed by atoms with Crippen LogP contribution in [0.1, 0.15) is 20.3 Å². The van der Waals surface area contributed by atoms with Gasteiger partial charge in [0.05, 0.1) is 12.7 Å². The SMILES string of the molecule is CCOc1ccc2c(ccn2CCC(C)O)c1. The van der Waals surface area contributed by atoms with Crippen molar-refractivity contribution in [3.05, 3.63) is 30.5 Å². The van der Waals surface area contributed by atoms with Crippen molar-refractivity contribution in [2.24, 2.45) is 0 Å². The molecule has 3 heteroatoms. The van der Waals surface area contributed by atoms with E-state index in [0.29, 0.717) is 6.61 Å². The zero-order valence-corrected chi connectivity index (χ0v) is 10.4. The molecule has 0 saturated heterocycles. The van der Waals surface area contributed by atoms with Crippen LogP contribution in [0, 0.1) is 0 Å². The van der Waals surface area contributed by atoms with Crippen LogP contribution in [0.5, 0.6) is 5.75 Å². The van der Waals surface area contributed by atoms with Crippen molar-refractivity contribution in [2.45, 2.75) is 32.9 Å². The average Bonchev–Trinajstić information content (AvgIpc) is 2.69. The van der Waals surface area contributed by atoms with Crippen LogP contribution < -0.4 is 4.74 Å². The van der Waals surface area contributed by atoms with Crippen molar-refractivity contribution in [1.82, 2.24) is 4.57 Å². The molecule has 0 aliphatic rings. The van der Waals surface area contributed by atoms with Gasteiger partial charge in [-0.3, -0.25) is 0 Å². The van der Waals surface area contributed by atoms with E-state index in [1.165, 1.54) is 10.9 Å². The van der Waals surface area contributed by atoms with Crippen molar-refractivity contribution < 1.29 is 9.84 Å². The average molecular weight is 233 g/mol. The molecule has 0 fully saturated rings. The summed E-state index contributed by atoms with van der Waals surface area (Å²) in [6.45, 7) is 5.33. The van der Waals surface area contributed by atoms with Gasteiger partial charge in [-0.1, -0.05) is 0 Å². The van der Waals surface area contributed by atoms with E-state index >= 15 is 0 Å². The summed E-state index contributed by atoms with van der Waals surface area (Å²) in [4.78, 5) is 0. The second-order valence-corrected chi connectivity index (χ2v) is 4.30. The van der Waals surface area contributed by atoms with Crippen LogP contribution in [-0.4, -0.2) is 22.4 Å². The number of benzene rings is 1. The molecule has 3 nitrogen and oxygen atoms in total. The maximum atomic E-state index is 9.30. The number of hydrogen-bond donors (Lipinski definition) is 1. The standard InChI is InChI=1S/C14H19NO2/c1-3-17-13-4-5-14-12(10-13)7-9-15(14)8-6-11(2)16/h4-5,7,9-11,16H,3,6,8H2,1-2H3. The summed E-state index contributed by atoms with van der Waals surface area (Å²) in [5.41, 5.74) is 1.19. The molecule has 92 valence electrons. The Morgan fingerprint density at radius 1 is 1.35 bits per heavy atom. The Morgan fingerprint density at radius 2 is 2.18 bits per heavy atom. The molecule has 0 aliphatic heterocycles. The summed E-state index contributed by atoms with van der Waals surface area (Å²) in [5, 5.41) is 10.5. The van der Waals surface area contributed by atoms with Gasteiger partial charge in [0.25, 0.3) is 0 Å². The fraction of sp³-hybridized carbons (Fsp3) is 0.429. The normalized spacial score (nSPS) is 12.9. The lowest BCUT2D eigenvalue weighted by atomic mass is 10.2. The molecule has 0 amide bonds. The number of aryl methyl sites for hydroxylation is 1. The number of aliphatic hydroxyl groups is 1. The van der Waals surface area contributed by atoms with Crippen LogP contribution in [0.3, 0.4) is 0 Å². The van der Waals surface area contributed by atoms with Crippen LogP contribution >= 0.6 is 0 Å². The van der Waals surface area contributed by atoms with E-state index in [1.54, 1.807) is 0 Å². The summed E-state index contributed by atoms with van der Waals surface area (Å²) >= 11 is 0. The molecule has 0 radical (unpaired) electrons. The maximum absolute atomic E-state index is 9.30. The van der Waals surface area contributed by atoms with Crippen LogP contribution in [0.4, 0.5) is 0 Å². The lowest BCUT2D eigenvalue weighted by molar-refractivity contribution is 0.178. The molecule has 1 unspecified atom stereocenters.